The van der Waals surface area contributed by atoms with Crippen molar-refractivity contribution in [3.8, 4) is 11.5 Å². The summed E-state index contributed by atoms with van der Waals surface area (Å²) in [6.45, 7) is 1.89. The molecule has 154 valence electrons. The maximum atomic E-state index is 12.6. The van der Waals surface area contributed by atoms with E-state index in [1.165, 1.54) is 6.42 Å². The highest BCUT2D eigenvalue weighted by atomic mass is 16.1. The van der Waals surface area contributed by atoms with Crippen LogP contribution in [0.15, 0.2) is 58.3 Å². The summed E-state index contributed by atoms with van der Waals surface area (Å²) in [4.78, 5) is 30.5. The SMILES string of the molecule is CN(C)CCCCCN=Cc1c(-c2nc3ccccc3c(=O)[nH]2)[nH]c2ccccc12. The van der Waals surface area contributed by atoms with Crippen molar-refractivity contribution in [2.24, 2.45) is 4.99 Å². The molecule has 6 nitrogen and oxygen atoms in total. The summed E-state index contributed by atoms with van der Waals surface area (Å²) in [5.41, 5.74) is 3.28. The van der Waals surface area contributed by atoms with Crippen LogP contribution in [0.2, 0.25) is 0 Å². The Balaban J connectivity index is 1.64. The Morgan fingerprint density at radius 2 is 1.73 bits per heavy atom. The fourth-order valence-corrected chi connectivity index (χ4v) is 3.65. The van der Waals surface area contributed by atoms with Crippen LogP contribution in [0, 0.1) is 0 Å². The quantitative estimate of drug-likeness (QED) is 0.343. The highest BCUT2D eigenvalue weighted by Crippen LogP contribution is 2.27. The summed E-state index contributed by atoms with van der Waals surface area (Å²) in [5.74, 6) is 0.530. The minimum absolute atomic E-state index is 0.141. The smallest absolute Gasteiger partial charge is 0.259 e. The van der Waals surface area contributed by atoms with E-state index in [0.717, 1.165) is 48.1 Å². The van der Waals surface area contributed by atoms with Gasteiger partial charge in [-0.1, -0.05) is 36.8 Å². The maximum Gasteiger partial charge on any atom is 0.259 e. The van der Waals surface area contributed by atoms with Gasteiger partial charge in [-0.2, -0.15) is 0 Å². The van der Waals surface area contributed by atoms with Crippen LogP contribution in [-0.2, 0) is 0 Å². The summed E-state index contributed by atoms with van der Waals surface area (Å²) in [6.07, 6.45) is 5.32. The molecule has 6 heteroatoms. The predicted molar refractivity (Wildman–Crippen MR) is 125 cm³/mol. The fraction of sp³-hybridized carbons (Fsp3) is 0.292. The van der Waals surface area contributed by atoms with Crippen molar-refractivity contribution in [3.63, 3.8) is 0 Å². The number of nitrogens with one attached hydrogen (secondary N) is 2. The molecule has 0 fully saturated rings. The number of H-pyrrole nitrogens is 2. The van der Waals surface area contributed by atoms with E-state index >= 15 is 0 Å². The van der Waals surface area contributed by atoms with Gasteiger partial charge in [-0.05, 0) is 51.7 Å². The van der Waals surface area contributed by atoms with E-state index in [1.807, 2.05) is 42.6 Å². The zero-order valence-electron chi connectivity index (χ0n) is 17.5. The van der Waals surface area contributed by atoms with Crippen molar-refractivity contribution in [2.45, 2.75) is 19.3 Å². The third-order valence-electron chi connectivity index (χ3n) is 5.21. The first-order chi connectivity index (χ1) is 14.6. The van der Waals surface area contributed by atoms with E-state index in [2.05, 4.69) is 40.0 Å². The summed E-state index contributed by atoms with van der Waals surface area (Å²) in [5, 5.41) is 1.66. The van der Waals surface area contributed by atoms with E-state index in [0.29, 0.717) is 16.7 Å². The minimum Gasteiger partial charge on any atom is -0.351 e. The third kappa shape index (κ3) is 4.33. The number of fused-ring (bicyclic) bond motifs is 2. The number of hydrogen-bond donors (Lipinski definition) is 2. The summed E-state index contributed by atoms with van der Waals surface area (Å²) < 4.78 is 0. The number of aromatic amines is 2. The number of hydrogen-bond acceptors (Lipinski definition) is 4. The van der Waals surface area contributed by atoms with Crippen LogP contribution in [0.4, 0.5) is 0 Å². The zero-order chi connectivity index (χ0) is 20.9. The van der Waals surface area contributed by atoms with Gasteiger partial charge in [0.25, 0.3) is 5.56 Å². The van der Waals surface area contributed by atoms with Crippen LogP contribution in [0.5, 0.6) is 0 Å². The van der Waals surface area contributed by atoms with Gasteiger partial charge in [0.1, 0.15) is 0 Å². The molecular formula is C24H27N5O. The van der Waals surface area contributed by atoms with Crippen molar-refractivity contribution < 1.29 is 0 Å². The van der Waals surface area contributed by atoms with Gasteiger partial charge in [0.2, 0.25) is 0 Å². The lowest BCUT2D eigenvalue weighted by molar-refractivity contribution is 0.392. The first kappa shape index (κ1) is 20.0. The largest absolute Gasteiger partial charge is 0.351 e. The second kappa shape index (κ2) is 9.05. The lowest BCUT2D eigenvalue weighted by Crippen LogP contribution is -2.12. The van der Waals surface area contributed by atoms with Crippen molar-refractivity contribution in [2.75, 3.05) is 27.2 Å². The lowest BCUT2D eigenvalue weighted by atomic mass is 10.1. The first-order valence-corrected chi connectivity index (χ1v) is 10.4. The number of aromatic nitrogens is 3. The van der Waals surface area contributed by atoms with Crippen molar-refractivity contribution in [1.29, 1.82) is 0 Å². The standard InChI is InChI=1S/C24H27N5O/c1-29(2)15-9-3-8-14-25-16-19-17-10-4-6-12-20(17)26-22(19)23-27-21-13-7-5-11-18(21)24(30)28-23/h4-7,10-13,16,26H,3,8-9,14-15H2,1-2H3,(H,27,28,30). The Kier molecular flexibility index (Phi) is 6.05. The molecule has 0 saturated carbocycles. The first-order valence-electron chi connectivity index (χ1n) is 10.4. The average Bonchev–Trinajstić information content (AvgIpc) is 3.11. The Morgan fingerprint density at radius 3 is 2.57 bits per heavy atom. The molecule has 2 heterocycles. The van der Waals surface area contributed by atoms with Crippen molar-refractivity contribution in [1.82, 2.24) is 19.9 Å². The fourth-order valence-electron chi connectivity index (χ4n) is 3.65. The summed E-state index contributed by atoms with van der Waals surface area (Å²) in [7, 11) is 4.20. The summed E-state index contributed by atoms with van der Waals surface area (Å²) in [6, 6.07) is 15.5. The number of para-hydroxylation sites is 2. The molecule has 2 aromatic carbocycles. The van der Waals surface area contributed by atoms with Crippen molar-refractivity contribution >= 4 is 28.0 Å². The van der Waals surface area contributed by atoms with E-state index in [9.17, 15) is 4.79 Å². The number of nitrogens with zero attached hydrogens (tertiary/aromatic N) is 3. The van der Waals surface area contributed by atoms with E-state index in [4.69, 9.17) is 4.98 Å². The number of benzene rings is 2. The van der Waals surface area contributed by atoms with E-state index < -0.39 is 0 Å². The molecule has 4 rings (SSSR count). The molecule has 0 aliphatic rings. The molecule has 0 spiro atoms. The number of rotatable bonds is 8. The minimum atomic E-state index is -0.141. The highest BCUT2D eigenvalue weighted by Gasteiger charge is 2.14. The third-order valence-corrected chi connectivity index (χ3v) is 5.21. The molecule has 0 aliphatic heterocycles. The highest BCUT2D eigenvalue weighted by molar-refractivity contribution is 6.05. The molecule has 0 saturated heterocycles. The van der Waals surface area contributed by atoms with Gasteiger partial charge in [0, 0.05) is 29.2 Å². The van der Waals surface area contributed by atoms with E-state index in [-0.39, 0.29) is 5.56 Å². The maximum absolute atomic E-state index is 12.6. The van der Waals surface area contributed by atoms with Crippen LogP contribution < -0.4 is 5.56 Å². The van der Waals surface area contributed by atoms with Gasteiger partial charge in [-0.3, -0.25) is 9.79 Å². The Hall–Kier alpha value is -3.25. The van der Waals surface area contributed by atoms with Gasteiger partial charge in [-0.15, -0.1) is 0 Å². The van der Waals surface area contributed by atoms with Crippen molar-refractivity contribution in [3.05, 3.63) is 64.4 Å². The molecule has 30 heavy (non-hydrogen) atoms. The molecule has 0 amide bonds. The zero-order valence-corrected chi connectivity index (χ0v) is 17.5. The second-order valence-corrected chi connectivity index (χ2v) is 7.79. The Labute approximate surface area is 175 Å². The average molecular weight is 402 g/mol. The topological polar surface area (TPSA) is 77.1 Å². The number of aliphatic imine (C=N–C) groups is 1. The molecule has 0 bridgehead atoms. The monoisotopic (exact) mass is 401 g/mol. The molecule has 0 atom stereocenters. The van der Waals surface area contributed by atoms with Crippen LogP contribution in [0.1, 0.15) is 24.8 Å². The normalized spacial score (nSPS) is 12.0. The lowest BCUT2D eigenvalue weighted by Gasteiger charge is -2.07. The van der Waals surface area contributed by atoms with Gasteiger partial charge in [0.15, 0.2) is 5.82 Å². The molecule has 0 aliphatic carbocycles. The van der Waals surface area contributed by atoms with Gasteiger partial charge < -0.3 is 14.9 Å². The molecule has 0 radical (unpaired) electrons. The predicted octanol–water partition coefficient (Wildman–Crippen LogP) is 4.22. The molecule has 0 unspecified atom stereocenters. The van der Waals surface area contributed by atoms with Gasteiger partial charge in [-0.25, -0.2) is 4.98 Å². The number of unbranched alkanes of at least 4 members (excludes halogenated alkanes) is 2. The van der Waals surface area contributed by atoms with Crippen LogP contribution in [-0.4, -0.2) is 53.3 Å². The molecule has 4 aromatic rings. The molecule has 2 N–H and O–H groups in total. The Bertz CT molecular complexity index is 1240. The Morgan fingerprint density at radius 1 is 0.967 bits per heavy atom. The second-order valence-electron chi connectivity index (χ2n) is 7.79. The summed E-state index contributed by atoms with van der Waals surface area (Å²) >= 11 is 0. The molecular weight excluding hydrogens is 374 g/mol. The van der Waals surface area contributed by atoms with Crippen LogP contribution in [0.3, 0.4) is 0 Å². The van der Waals surface area contributed by atoms with Gasteiger partial charge >= 0.3 is 0 Å². The van der Waals surface area contributed by atoms with Crippen LogP contribution >= 0.6 is 0 Å². The molecule has 2 aromatic heterocycles. The van der Waals surface area contributed by atoms with Gasteiger partial charge in [0.05, 0.1) is 16.6 Å². The van der Waals surface area contributed by atoms with Crippen LogP contribution in [0.25, 0.3) is 33.3 Å². The van der Waals surface area contributed by atoms with E-state index in [1.54, 1.807) is 6.07 Å².